The molecule has 1 aromatic carbocycles. The maximum absolute atomic E-state index is 12.1. The minimum atomic E-state index is -1.03. The second-order valence-electron chi connectivity index (χ2n) is 5.56. The molecule has 0 heterocycles. The van der Waals surface area contributed by atoms with Gasteiger partial charge < -0.3 is 16.2 Å². The first-order chi connectivity index (χ1) is 8.15. The summed E-state index contributed by atoms with van der Waals surface area (Å²) in [5, 5.41) is 12.8. The highest BCUT2D eigenvalue weighted by Gasteiger charge is 2.37. The van der Waals surface area contributed by atoms with Gasteiger partial charge in [-0.15, -0.1) is 0 Å². The molecule has 0 aromatic heterocycles. The molecular weight excluding hydrogens is 228 g/mol. The lowest BCUT2D eigenvalue weighted by molar-refractivity contribution is -0.127. The van der Waals surface area contributed by atoms with E-state index in [-0.39, 0.29) is 5.91 Å². The zero-order chi connectivity index (χ0) is 14.0. The highest BCUT2D eigenvalue weighted by atomic mass is 16.3. The molecule has 0 saturated carbocycles. The van der Waals surface area contributed by atoms with Crippen LogP contribution in [0.25, 0.3) is 0 Å². The van der Waals surface area contributed by atoms with Crippen molar-refractivity contribution in [2.45, 2.75) is 44.9 Å². The van der Waals surface area contributed by atoms with Gasteiger partial charge >= 0.3 is 0 Å². The molecule has 0 aliphatic rings. The van der Waals surface area contributed by atoms with Gasteiger partial charge in [-0.2, -0.15) is 0 Å². The van der Waals surface area contributed by atoms with E-state index in [4.69, 9.17) is 5.73 Å². The minimum Gasteiger partial charge on any atom is -0.388 e. The number of hydrogen-bond donors (Lipinski definition) is 3. The van der Waals surface area contributed by atoms with Gasteiger partial charge in [0.15, 0.2) is 0 Å². The highest BCUT2D eigenvalue weighted by molar-refractivity contribution is 5.83. The SMILES string of the molecule is CC(C)(O)C(C)(C)NC(=O)[C@H](N)c1ccccc1. The Morgan fingerprint density at radius 2 is 1.72 bits per heavy atom. The Morgan fingerprint density at radius 3 is 2.17 bits per heavy atom. The molecule has 0 spiro atoms. The largest absolute Gasteiger partial charge is 0.388 e. The summed E-state index contributed by atoms with van der Waals surface area (Å²) in [4.78, 5) is 12.1. The topological polar surface area (TPSA) is 75.3 Å². The van der Waals surface area contributed by atoms with Crippen LogP contribution in [-0.2, 0) is 4.79 Å². The number of hydrogen-bond acceptors (Lipinski definition) is 3. The predicted molar refractivity (Wildman–Crippen MR) is 71.9 cm³/mol. The van der Waals surface area contributed by atoms with E-state index in [1.165, 1.54) is 0 Å². The van der Waals surface area contributed by atoms with E-state index in [2.05, 4.69) is 5.32 Å². The predicted octanol–water partition coefficient (Wildman–Crippen LogP) is 1.35. The van der Waals surface area contributed by atoms with Crippen LogP contribution in [-0.4, -0.2) is 22.2 Å². The molecule has 1 aromatic rings. The van der Waals surface area contributed by atoms with Gasteiger partial charge in [0.2, 0.25) is 5.91 Å². The number of rotatable bonds is 4. The standard InChI is InChI=1S/C14H22N2O2/c1-13(2,14(3,4)18)16-12(17)11(15)10-8-6-5-7-9-10/h5-9,11,18H,15H2,1-4H3,(H,16,17)/t11-/m1/s1. The number of amides is 1. The van der Waals surface area contributed by atoms with Crippen LogP contribution in [0.4, 0.5) is 0 Å². The molecule has 1 amide bonds. The first-order valence-electron chi connectivity index (χ1n) is 6.00. The molecule has 0 aliphatic carbocycles. The fraction of sp³-hybridized carbons (Fsp3) is 0.500. The molecule has 0 saturated heterocycles. The van der Waals surface area contributed by atoms with Gasteiger partial charge in [0.05, 0.1) is 11.1 Å². The Hall–Kier alpha value is -1.39. The molecule has 18 heavy (non-hydrogen) atoms. The van der Waals surface area contributed by atoms with Crippen LogP contribution in [0, 0.1) is 0 Å². The monoisotopic (exact) mass is 250 g/mol. The molecule has 100 valence electrons. The quantitative estimate of drug-likeness (QED) is 0.755. The average Bonchev–Trinajstić information content (AvgIpc) is 2.27. The summed E-state index contributed by atoms with van der Waals surface area (Å²) in [7, 11) is 0. The Kier molecular flexibility index (Phi) is 4.14. The molecule has 0 bridgehead atoms. The van der Waals surface area contributed by atoms with E-state index in [9.17, 15) is 9.90 Å². The van der Waals surface area contributed by atoms with Crippen LogP contribution >= 0.6 is 0 Å². The molecule has 0 aliphatic heterocycles. The molecule has 4 nitrogen and oxygen atoms in total. The van der Waals surface area contributed by atoms with Gasteiger partial charge in [-0.1, -0.05) is 30.3 Å². The van der Waals surface area contributed by atoms with Gasteiger partial charge in [0.25, 0.3) is 0 Å². The zero-order valence-corrected chi connectivity index (χ0v) is 11.4. The molecule has 0 unspecified atom stereocenters. The number of nitrogens with one attached hydrogen (secondary N) is 1. The zero-order valence-electron chi connectivity index (χ0n) is 11.4. The third kappa shape index (κ3) is 3.31. The fourth-order valence-corrected chi connectivity index (χ4v) is 1.35. The first-order valence-corrected chi connectivity index (χ1v) is 6.00. The Morgan fingerprint density at radius 1 is 1.22 bits per heavy atom. The van der Waals surface area contributed by atoms with Crippen molar-refractivity contribution in [3.63, 3.8) is 0 Å². The van der Waals surface area contributed by atoms with Gasteiger partial charge in [-0.3, -0.25) is 4.79 Å². The van der Waals surface area contributed by atoms with Crippen molar-refractivity contribution in [1.29, 1.82) is 0 Å². The summed E-state index contributed by atoms with van der Waals surface area (Å²) in [5.41, 5.74) is 4.86. The molecular formula is C14H22N2O2. The van der Waals surface area contributed by atoms with Crippen LogP contribution in [0.15, 0.2) is 30.3 Å². The summed E-state index contributed by atoms with van der Waals surface area (Å²) in [6.07, 6.45) is 0. The van der Waals surface area contributed by atoms with Crippen molar-refractivity contribution in [1.82, 2.24) is 5.32 Å². The molecule has 4 N–H and O–H groups in total. The van der Waals surface area contributed by atoms with E-state index < -0.39 is 17.2 Å². The second-order valence-corrected chi connectivity index (χ2v) is 5.56. The van der Waals surface area contributed by atoms with Crippen LogP contribution in [0.3, 0.4) is 0 Å². The number of nitrogens with two attached hydrogens (primary N) is 1. The molecule has 4 heteroatoms. The Bertz CT molecular complexity index is 408. The van der Waals surface area contributed by atoms with Crippen molar-refractivity contribution >= 4 is 5.91 Å². The number of carbonyl (C=O) groups excluding carboxylic acids is 1. The lowest BCUT2D eigenvalue weighted by Crippen LogP contribution is -2.59. The van der Waals surface area contributed by atoms with Crippen molar-refractivity contribution in [2.75, 3.05) is 0 Å². The summed E-state index contributed by atoms with van der Waals surface area (Å²) in [6.45, 7) is 6.84. The Labute approximate surface area is 108 Å². The fourth-order valence-electron chi connectivity index (χ4n) is 1.35. The lowest BCUT2D eigenvalue weighted by Gasteiger charge is -2.38. The highest BCUT2D eigenvalue weighted by Crippen LogP contribution is 2.21. The smallest absolute Gasteiger partial charge is 0.242 e. The molecule has 1 atom stereocenters. The second kappa shape index (κ2) is 5.08. The van der Waals surface area contributed by atoms with Gasteiger partial charge in [-0.25, -0.2) is 0 Å². The molecule has 1 rings (SSSR count). The number of carbonyl (C=O) groups is 1. The van der Waals surface area contributed by atoms with Crippen LogP contribution < -0.4 is 11.1 Å². The number of benzene rings is 1. The lowest BCUT2D eigenvalue weighted by atomic mass is 9.85. The number of aliphatic hydroxyl groups is 1. The minimum absolute atomic E-state index is 0.298. The van der Waals surface area contributed by atoms with E-state index >= 15 is 0 Å². The maximum atomic E-state index is 12.1. The van der Waals surface area contributed by atoms with Crippen LogP contribution in [0.5, 0.6) is 0 Å². The van der Waals surface area contributed by atoms with E-state index in [0.29, 0.717) is 0 Å². The summed E-state index contributed by atoms with van der Waals surface area (Å²) in [6, 6.07) is 8.43. The third-order valence-electron chi connectivity index (χ3n) is 3.41. The summed E-state index contributed by atoms with van der Waals surface area (Å²) in [5.74, 6) is -0.298. The van der Waals surface area contributed by atoms with E-state index in [0.717, 1.165) is 5.56 Å². The molecule has 0 radical (unpaired) electrons. The van der Waals surface area contributed by atoms with Crippen LogP contribution in [0.1, 0.15) is 39.3 Å². The summed E-state index contributed by atoms with van der Waals surface area (Å²) < 4.78 is 0. The average molecular weight is 250 g/mol. The maximum Gasteiger partial charge on any atom is 0.242 e. The van der Waals surface area contributed by atoms with E-state index in [1.54, 1.807) is 39.8 Å². The molecule has 0 fully saturated rings. The van der Waals surface area contributed by atoms with Crippen molar-refractivity contribution in [2.24, 2.45) is 5.73 Å². The van der Waals surface area contributed by atoms with Gasteiger partial charge in [0.1, 0.15) is 6.04 Å². The van der Waals surface area contributed by atoms with Gasteiger partial charge in [0, 0.05) is 0 Å². The van der Waals surface area contributed by atoms with Crippen LogP contribution in [0.2, 0.25) is 0 Å². The first kappa shape index (κ1) is 14.7. The van der Waals surface area contributed by atoms with Crippen molar-refractivity contribution in [3.8, 4) is 0 Å². The Balaban J connectivity index is 2.78. The van der Waals surface area contributed by atoms with Crippen molar-refractivity contribution < 1.29 is 9.90 Å². The van der Waals surface area contributed by atoms with E-state index in [1.807, 2.05) is 18.2 Å². The third-order valence-corrected chi connectivity index (χ3v) is 3.41. The van der Waals surface area contributed by atoms with Crippen molar-refractivity contribution in [3.05, 3.63) is 35.9 Å². The normalized spacial score (nSPS) is 14.1. The summed E-state index contributed by atoms with van der Waals surface area (Å²) >= 11 is 0. The van der Waals surface area contributed by atoms with Gasteiger partial charge in [-0.05, 0) is 33.3 Å².